The predicted molar refractivity (Wildman–Crippen MR) is 133 cm³/mol. The second-order valence-corrected chi connectivity index (χ2v) is 6.63. The third-order valence-electron chi connectivity index (χ3n) is 4.36. The van der Waals surface area contributed by atoms with Gasteiger partial charge in [-0.2, -0.15) is 0 Å². The Morgan fingerprint density at radius 2 is 1.63 bits per heavy atom. The number of rotatable bonds is 11. The molecular formula is C23H34IN3O3. The number of para-hydroxylation sites is 1. The van der Waals surface area contributed by atoms with Crippen LogP contribution in [-0.4, -0.2) is 39.9 Å². The molecule has 0 heterocycles. The molecular weight excluding hydrogens is 493 g/mol. The summed E-state index contributed by atoms with van der Waals surface area (Å²) >= 11 is 0. The molecule has 0 aromatic heterocycles. The van der Waals surface area contributed by atoms with Crippen LogP contribution in [0.15, 0.2) is 47.5 Å². The Hall–Kier alpha value is -2.00. The Balaban J connectivity index is 0.00000450. The van der Waals surface area contributed by atoms with Gasteiger partial charge >= 0.3 is 0 Å². The summed E-state index contributed by atoms with van der Waals surface area (Å²) in [5, 5.41) is 6.71. The predicted octanol–water partition coefficient (Wildman–Crippen LogP) is 4.29. The molecule has 30 heavy (non-hydrogen) atoms. The lowest BCUT2D eigenvalue weighted by atomic mass is 10.1. The molecule has 0 aliphatic carbocycles. The van der Waals surface area contributed by atoms with E-state index in [-0.39, 0.29) is 24.0 Å². The van der Waals surface area contributed by atoms with E-state index in [4.69, 9.17) is 14.2 Å². The van der Waals surface area contributed by atoms with Crippen molar-refractivity contribution >= 4 is 29.9 Å². The largest absolute Gasteiger partial charge is 0.494 e. The molecule has 0 spiro atoms. The van der Waals surface area contributed by atoms with E-state index in [1.807, 2.05) is 25.1 Å². The third kappa shape index (κ3) is 8.79. The number of methoxy groups -OCH3 is 1. The molecule has 0 bridgehead atoms. The van der Waals surface area contributed by atoms with Gasteiger partial charge in [0.25, 0.3) is 0 Å². The quantitative estimate of drug-likeness (QED) is 0.198. The summed E-state index contributed by atoms with van der Waals surface area (Å²) < 4.78 is 16.7. The topological polar surface area (TPSA) is 64.1 Å². The number of nitrogens with one attached hydrogen (secondary N) is 2. The van der Waals surface area contributed by atoms with Gasteiger partial charge in [0.2, 0.25) is 0 Å². The number of guanidine groups is 1. The lowest BCUT2D eigenvalue weighted by Gasteiger charge is -2.16. The van der Waals surface area contributed by atoms with Gasteiger partial charge < -0.3 is 24.8 Å². The molecule has 7 heteroatoms. The zero-order chi connectivity index (χ0) is 20.9. The van der Waals surface area contributed by atoms with Crippen LogP contribution in [0.1, 0.15) is 30.0 Å². The molecule has 2 N–H and O–H groups in total. The van der Waals surface area contributed by atoms with Crippen molar-refractivity contribution in [2.24, 2.45) is 4.99 Å². The van der Waals surface area contributed by atoms with Crippen LogP contribution in [-0.2, 0) is 17.8 Å². The van der Waals surface area contributed by atoms with Gasteiger partial charge in [0, 0.05) is 51.4 Å². The van der Waals surface area contributed by atoms with E-state index in [1.165, 1.54) is 5.56 Å². The van der Waals surface area contributed by atoms with Crippen molar-refractivity contribution in [2.45, 2.75) is 33.4 Å². The highest BCUT2D eigenvalue weighted by Crippen LogP contribution is 2.21. The number of hydrogen-bond donors (Lipinski definition) is 2. The number of halogens is 1. The van der Waals surface area contributed by atoms with E-state index >= 15 is 0 Å². The lowest BCUT2D eigenvalue weighted by Crippen LogP contribution is -2.36. The summed E-state index contributed by atoms with van der Waals surface area (Å²) in [6.07, 6.45) is 0.861. The molecule has 0 radical (unpaired) electrons. The van der Waals surface area contributed by atoms with Crippen molar-refractivity contribution < 1.29 is 14.2 Å². The smallest absolute Gasteiger partial charge is 0.191 e. The average molecular weight is 527 g/mol. The van der Waals surface area contributed by atoms with Crippen LogP contribution in [0.25, 0.3) is 0 Å². The molecule has 0 saturated carbocycles. The van der Waals surface area contributed by atoms with Crippen LogP contribution >= 0.6 is 24.0 Å². The molecule has 0 amide bonds. The van der Waals surface area contributed by atoms with Crippen LogP contribution in [0.2, 0.25) is 0 Å². The minimum absolute atomic E-state index is 0. The fourth-order valence-corrected chi connectivity index (χ4v) is 2.85. The average Bonchev–Trinajstić information content (AvgIpc) is 2.73. The molecule has 0 fully saturated rings. The first-order valence-corrected chi connectivity index (χ1v) is 10.0. The Bertz CT molecular complexity index is 784. The fourth-order valence-electron chi connectivity index (χ4n) is 2.85. The highest BCUT2D eigenvalue weighted by Gasteiger charge is 2.07. The summed E-state index contributed by atoms with van der Waals surface area (Å²) in [6.45, 7) is 7.27. The van der Waals surface area contributed by atoms with Crippen molar-refractivity contribution in [1.29, 1.82) is 0 Å². The van der Waals surface area contributed by atoms with Crippen molar-refractivity contribution in [3.05, 3.63) is 59.2 Å². The Labute approximate surface area is 197 Å². The zero-order valence-electron chi connectivity index (χ0n) is 18.4. The van der Waals surface area contributed by atoms with Crippen molar-refractivity contribution in [3.63, 3.8) is 0 Å². The SMILES string of the molecule is CCOc1ccccc1CNC(=NC)NCc1ccc(C)cc1OCCCOC.I. The molecule has 0 aliphatic rings. The van der Waals surface area contributed by atoms with Crippen molar-refractivity contribution in [3.8, 4) is 11.5 Å². The summed E-state index contributed by atoms with van der Waals surface area (Å²) in [7, 11) is 3.47. The summed E-state index contributed by atoms with van der Waals surface area (Å²) in [4.78, 5) is 4.32. The summed E-state index contributed by atoms with van der Waals surface area (Å²) in [5.74, 6) is 2.51. The number of aliphatic imine (C=N–C) groups is 1. The summed E-state index contributed by atoms with van der Waals surface area (Å²) in [5.41, 5.74) is 3.35. The maximum Gasteiger partial charge on any atom is 0.191 e. The maximum atomic E-state index is 5.96. The van der Waals surface area contributed by atoms with Crippen LogP contribution in [0.5, 0.6) is 11.5 Å². The molecule has 6 nitrogen and oxygen atoms in total. The van der Waals surface area contributed by atoms with E-state index in [1.54, 1.807) is 14.2 Å². The van der Waals surface area contributed by atoms with E-state index in [0.29, 0.717) is 32.9 Å². The first-order valence-electron chi connectivity index (χ1n) is 10.0. The minimum Gasteiger partial charge on any atom is -0.494 e. The molecule has 2 aromatic rings. The second kappa shape index (κ2) is 14.9. The van der Waals surface area contributed by atoms with Crippen LogP contribution in [0, 0.1) is 6.92 Å². The Morgan fingerprint density at radius 1 is 0.933 bits per heavy atom. The van der Waals surface area contributed by atoms with E-state index < -0.39 is 0 Å². The van der Waals surface area contributed by atoms with Gasteiger partial charge in [0.15, 0.2) is 5.96 Å². The Morgan fingerprint density at radius 3 is 2.30 bits per heavy atom. The van der Waals surface area contributed by atoms with Gasteiger partial charge in [-0.05, 0) is 31.5 Å². The molecule has 166 valence electrons. The second-order valence-electron chi connectivity index (χ2n) is 6.63. The lowest BCUT2D eigenvalue weighted by molar-refractivity contribution is 0.171. The van der Waals surface area contributed by atoms with Gasteiger partial charge in [-0.25, -0.2) is 0 Å². The standard InChI is InChI=1S/C23H33N3O3.HI/c1-5-28-21-10-7-6-9-19(21)16-25-23(24-3)26-17-20-12-11-18(2)15-22(20)29-14-8-13-27-4;/h6-7,9-12,15H,5,8,13-14,16-17H2,1-4H3,(H2,24,25,26);1H. The number of benzene rings is 2. The van der Waals surface area contributed by atoms with Crippen LogP contribution in [0.3, 0.4) is 0 Å². The zero-order valence-corrected chi connectivity index (χ0v) is 20.7. The normalized spacial score (nSPS) is 10.9. The number of aryl methyl sites for hydroxylation is 1. The molecule has 2 rings (SSSR count). The molecule has 0 saturated heterocycles. The number of hydrogen-bond acceptors (Lipinski definition) is 4. The van der Waals surface area contributed by atoms with Crippen molar-refractivity contribution in [2.75, 3.05) is 34.0 Å². The first-order chi connectivity index (χ1) is 14.2. The third-order valence-corrected chi connectivity index (χ3v) is 4.36. The fraction of sp³-hybridized carbons (Fsp3) is 0.435. The van der Waals surface area contributed by atoms with Crippen molar-refractivity contribution in [1.82, 2.24) is 10.6 Å². The van der Waals surface area contributed by atoms with E-state index in [0.717, 1.165) is 35.0 Å². The first kappa shape index (κ1) is 26.0. The van der Waals surface area contributed by atoms with Gasteiger partial charge in [0.1, 0.15) is 11.5 Å². The maximum absolute atomic E-state index is 5.96. The van der Waals surface area contributed by atoms with Gasteiger partial charge in [-0.3, -0.25) is 4.99 Å². The van der Waals surface area contributed by atoms with Crippen LogP contribution < -0.4 is 20.1 Å². The highest BCUT2D eigenvalue weighted by molar-refractivity contribution is 14.0. The van der Waals surface area contributed by atoms with E-state index in [9.17, 15) is 0 Å². The molecule has 0 aliphatic heterocycles. The monoisotopic (exact) mass is 527 g/mol. The molecule has 0 unspecified atom stereocenters. The number of nitrogens with zero attached hydrogens (tertiary/aromatic N) is 1. The Kier molecular flexibility index (Phi) is 12.9. The van der Waals surface area contributed by atoms with Gasteiger partial charge in [-0.1, -0.05) is 30.3 Å². The van der Waals surface area contributed by atoms with Gasteiger partial charge in [0.05, 0.1) is 13.2 Å². The molecule has 0 atom stereocenters. The highest BCUT2D eigenvalue weighted by atomic mass is 127. The van der Waals surface area contributed by atoms with Crippen LogP contribution in [0.4, 0.5) is 0 Å². The number of ether oxygens (including phenoxy) is 3. The molecule has 2 aromatic carbocycles. The minimum atomic E-state index is 0. The van der Waals surface area contributed by atoms with Gasteiger partial charge in [-0.15, -0.1) is 24.0 Å². The van der Waals surface area contributed by atoms with E-state index in [2.05, 4.69) is 46.8 Å². The summed E-state index contributed by atoms with van der Waals surface area (Å²) in [6, 6.07) is 14.3.